The molecule has 1 aliphatic carbocycles. The molecule has 4 N–H and O–H groups in total. The molecule has 32 heavy (non-hydrogen) atoms. The molecule has 3 heterocycles. The molecule has 166 valence electrons. The van der Waals surface area contributed by atoms with Crippen molar-refractivity contribution in [2.45, 2.75) is 37.5 Å². The van der Waals surface area contributed by atoms with Gasteiger partial charge in [0.15, 0.2) is 0 Å². The Morgan fingerprint density at radius 1 is 1.34 bits per heavy atom. The van der Waals surface area contributed by atoms with Crippen molar-refractivity contribution in [3.8, 4) is 0 Å². The number of aliphatic hydroxyl groups excluding tert-OH is 1. The number of rotatable bonds is 5. The van der Waals surface area contributed by atoms with Gasteiger partial charge in [-0.25, -0.2) is 0 Å². The molecule has 5 rings (SSSR count). The molecular weight excluding hydrogens is 428 g/mol. The number of hydrazine groups is 1. The van der Waals surface area contributed by atoms with Gasteiger partial charge in [0.1, 0.15) is 18.5 Å². The molecule has 1 atom stereocenters. The number of carbonyl (C=O) groups is 1. The summed E-state index contributed by atoms with van der Waals surface area (Å²) in [6, 6.07) is 5.60. The highest BCUT2D eigenvalue weighted by Gasteiger charge is 2.40. The first kappa shape index (κ1) is 20.8. The zero-order valence-electron chi connectivity index (χ0n) is 17.5. The molecule has 1 amide bonds. The first-order chi connectivity index (χ1) is 15.5. The number of aliphatic imine (C=N–C) groups is 2. The number of amidine groups is 1. The first-order valence-corrected chi connectivity index (χ1v) is 11.0. The average molecular weight is 453 g/mol. The third-order valence-electron chi connectivity index (χ3n) is 6.32. The van der Waals surface area contributed by atoms with Crippen LogP contribution in [0, 0.1) is 0 Å². The highest BCUT2D eigenvalue weighted by Crippen LogP contribution is 2.35. The molecule has 1 aromatic rings. The third kappa shape index (κ3) is 3.49. The van der Waals surface area contributed by atoms with Gasteiger partial charge < -0.3 is 15.7 Å². The maximum atomic E-state index is 11.9. The lowest BCUT2D eigenvalue weighted by molar-refractivity contribution is -0.121. The van der Waals surface area contributed by atoms with Crippen LogP contribution in [0.25, 0.3) is 0 Å². The molecule has 1 saturated carbocycles. The summed E-state index contributed by atoms with van der Waals surface area (Å²) in [7, 11) is 0. The zero-order chi connectivity index (χ0) is 22.4. The lowest BCUT2D eigenvalue weighted by Gasteiger charge is -2.41. The van der Waals surface area contributed by atoms with Crippen molar-refractivity contribution < 1.29 is 9.90 Å². The van der Waals surface area contributed by atoms with Crippen LogP contribution in [0.2, 0.25) is 5.02 Å². The van der Waals surface area contributed by atoms with E-state index >= 15 is 0 Å². The number of amides is 1. The van der Waals surface area contributed by atoms with Gasteiger partial charge in [-0.15, -0.1) is 6.58 Å². The summed E-state index contributed by atoms with van der Waals surface area (Å²) in [5.74, 6) is 0.247. The molecule has 8 nitrogen and oxygen atoms in total. The van der Waals surface area contributed by atoms with E-state index in [0.29, 0.717) is 43.3 Å². The van der Waals surface area contributed by atoms with Crippen LogP contribution in [0.1, 0.15) is 24.0 Å². The van der Waals surface area contributed by atoms with E-state index in [4.69, 9.17) is 22.3 Å². The van der Waals surface area contributed by atoms with E-state index in [1.165, 1.54) is 0 Å². The van der Waals surface area contributed by atoms with E-state index in [2.05, 4.69) is 21.9 Å². The van der Waals surface area contributed by atoms with Crippen LogP contribution in [0.3, 0.4) is 0 Å². The van der Waals surface area contributed by atoms with E-state index in [0.717, 1.165) is 28.2 Å². The van der Waals surface area contributed by atoms with Crippen LogP contribution in [0.5, 0.6) is 0 Å². The summed E-state index contributed by atoms with van der Waals surface area (Å²) in [5, 5.41) is 12.3. The van der Waals surface area contributed by atoms with Crippen molar-refractivity contribution in [2.24, 2.45) is 15.7 Å². The highest BCUT2D eigenvalue weighted by atomic mass is 35.5. The number of halogens is 1. The molecule has 1 fully saturated rings. The molecule has 0 bridgehead atoms. The Bertz CT molecular complexity index is 1100. The fourth-order valence-electron chi connectivity index (χ4n) is 4.51. The van der Waals surface area contributed by atoms with Crippen LogP contribution < -0.4 is 11.2 Å². The van der Waals surface area contributed by atoms with Gasteiger partial charge in [0.2, 0.25) is 5.91 Å². The Hall–Kier alpha value is -3.10. The summed E-state index contributed by atoms with van der Waals surface area (Å²) in [5.41, 5.74) is 13.4. The van der Waals surface area contributed by atoms with Crippen LogP contribution in [0.4, 0.5) is 0 Å². The Labute approximate surface area is 191 Å². The Morgan fingerprint density at radius 2 is 2.16 bits per heavy atom. The van der Waals surface area contributed by atoms with Gasteiger partial charge in [0.25, 0.3) is 0 Å². The summed E-state index contributed by atoms with van der Waals surface area (Å²) in [4.78, 5) is 23.3. The van der Waals surface area contributed by atoms with E-state index in [9.17, 15) is 9.90 Å². The number of nitrogens with zero attached hydrogens (tertiary/aromatic N) is 4. The van der Waals surface area contributed by atoms with Gasteiger partial charge in [0.05, 0.1) is 29.8 Å². The van der Waals surface area contributed by atoms with Crippen molar-refractivity contribution in [2.75, 3.05) is 13.2 Å². The molecular formula is C23H25ClN6O2. The minimum absolute atomic E-state index is 0.194. The molecule has 0 aromatic heterocycles. The van der Waals surface area contributed by atoms with Gasteiger partial charge >= 0.3 is 0 Å². The quantitative estimate of drug-likeness (QED) is 0.587. The summed E-state index contributed by atoms with van der Waals surface area (Å²) >= 11 is 6.53. The summed E-state index contributed by atoms with van der Waals surface area (Å²) < 4.78 is 0. The van der Waals surface area contributed by atoms with Gasteiger partial charge in [-0.1, -0.05) is 29.8 Å². The Balaban J connectivity index is 1.54. The van der Waals surface area contributed by atoms with Crippen molar-refractivity contribution in [3.05, 3.63) is 70.5 Å². The van der Waals surface area contributed by atoms with E-state index in [1.807, 2.05) is 36.4 Å². The Morgan fingerprint density at radius 3 is 2.84 bits per heavy atom. The van der Waals surface area contributed by atoms with Crippen LogP contribution in [0.15, 0.2) is 64.4 Å². The predicted molar refractivity (Wildman–Crippen MR) is 124 cm³/mol. The SMILES string of the molecule is C=CCc1ccc(C2=NCN(C3CC(O)C3)C2=C2C=CC3=NCC(C(N)=O)N3N2)cc1Cl. The molecule has 3 aliphatic heterocycles. The molecule has 4 aliphatic rings. The van der Waals surface area contributed by atoms with Crippen molar-refractivity contribution in [1.82, 2.24) is 15.3 Å². The molecule has 0 radical (unpaired) electrons. The molecule has 1 unspecified atom stereocenters. The van der Waals surface area contributed by atoms with Crippen LogP contribution >= 0.6 is 11.6 Å². The van der Waals surface area contributed by atoms with Gasteiger partial charge in [0, 0.05) is 16.6 Å². The molecule has 1 aromatic carbocycles. The van der Waals surface area contributed by atoms with Gasteiger partial charge in [-0.3, -0.25) is 25.2 Å². The van der Waals surface area contributed by atoms with E-state index in [-0.39, 0.29) is 12.1 Å². The second kappa shape index (κ2) is 8.11. The lowest BCUT2D eigenvalue weighted by Crippen LogP contribution is -2.54. The van der Waals surface area contributed by atoms with Gasteiger partial charge in [-0.2, -0.15) is 0 Å². The van der Waals surface area contributed by atoms with Crippen LogP contribution in [-0.4, -0.2) is 63.9 Å². The first-order valence-electron chi connectivity index (χ1n) is 10.7. The normalized spacial score (nSPS) is 28.6. The number of primary amides is 1. The lowest BCUT2D eigenvalue weighted by atomic mass is 9.87. The second-order valence-corrected chi connectivity index (χ2v) is 8.80. The number of carbonyl (C=O) groups excluding carboxylic acids is 1. The van der Waals surface area contributed by atoms with Crippen LogP contribution in [-0.2, 0) is 11.2 Å². The smallest absolute Gasteiger partial charge is 0.244 e. The maximum absolute atomic E-state index is 11.9. The third-order valence-corrected chi connectivity index (χ3v) is 6.67. The van der Waals surface area contributed by atoms with E-state index < -0.39 is 11.9 Å². The fraction of sp³-hybridized carbons (Fsp3) is 0.348. The zero-order valence-corrected chi connectivity index (χ0v) is 18.3. The number of hydrogen-bond donors (Lipinski definition) is 3. The average Bonchev–Trinajstić information content (AvgIpc) is 3.37. The second-order valence-electron chi connectivity index (χ2n) is 8.39. The molecule has 9 heteroatoms. The number of nitrogens with one attached hydrogen (secondary N) is 1. The number of benzene rings is 1. The highest BCUT2D eigenvalue weighted by molar-refractivity contribution is 6.32. The fourth-order valence-corrected chi connectivity index (χ4v) is 4.76. The predicted octanol–water partition coefficient (Wildman–Crippen LogP) is 1.51. The summed E-state index contributed by atoms with van der Waals surface area (Å²) in [6.07, 6.45) is 7.46. The number of hydrogen-bond acceptors (Lipinski definition) is 7. The van der Waals surface area contributed by atoms with Crippen molar-refractivity contribution >= 4 is 29.1 Å². The number of aliphatic hydroxyl groups is 1. The van der Waals surface area contributed by atoms with E-state index in [1.54, 1.807) is 5.01 Å². The Kier molecular flexibility index (Phi) is 5.27. The monoisotopic (exact) mass is 452 g/mol. The van der Waals surface area contributed by atoms with Gasteiger partial charge in [-0.05, 0) is 43.0 Å². The number of nitrogens with two attached hydrogens (primary N) is 1. The topological polar surface area (TPSA) is 107 Å². The number of fused-ring (bicyclic) bond motifs is 1. The minimum atomic E-state index is -0.543. The molecule has 0 saturated heterocycles. The standard InChI is InChI=1S/C23H25ClN6O2/c1-2-3-13-4-5-14(8-17(13)24)21-22(29(12-27-21)15-9-16(31)10-15)18-6-7-20-26-11-19(23(25)32)30(20)28-18/h2,4-8,15-16,19,28,31H,1,3,9-12H2,(H2,25,32). The summed E-state index contributed by atoms with van der Waals surface area (Å²) in [6.45, 7) is 4.60. The largest absolute Gasteiger partial charge is 0.393 e. The maximum Gasteiger partial charge on any atom is 0.244 e. The molecule has 0 spiro atoms. The van der Waals surface area contributed by atoms with Crippen molar-refractivity contribution in [3.63, 3.8) is 0 Å². The van der Waals surface area contributed by atoms with Crippen molar-refractivity contribution in [1.29, 1.82) is 0 Å². The number of allylic oxidation sites excluding steroid dienone is 3. The minimum Gasteiger partial charge on any atom is -0.393 e.